The largest absolute Gasteiger partial charge is 0.465 e. The molecule has 0 radical (unpaired) electrons. The minimum absolute atomic E-state index is 0.103. The third-order valence-corrected chi connectivity index (χ3v) is 3.42. The Labute approximate surface area is 114 Å². The molecule has 1 heterocycles. The second kappa shape index (κ2) is 7.26. The van der Waals surface area contributed by atoms with Crippen molar-refractivity contribution in [2.45, 2.75) is 19.4 Å². The van der Waals surface area contributed by atoms with Crippen LogP contribution in [0.3, 0.4) is 0 Å². The van der Waals surface area contributed by atoms with Gasteiger partial charge in [0, 0.05) is 26.2 Å². The van der Waals surface area contributed by atoms with Crippen LogP contribution in [0.15, 0.2) is 30.3 Å². The van der Waals surface area contributed by atoms with Crippen LogP contribution < -0.4 is 5.32 Å². The molecular formula is C15H22N2O2. The summed E-state index contributed by atoms with van der Waals surface area (Å²) in [4.78, 5) is 14.4. The first-order valence-corrected chi connectivity index (χ1v) is 6.96. The van der Waals surface area contributed by atoms with Gasteiger partial charge < -0.3 is 10.1 Å². The lowest BCUT2D eigenvalue weighted by Gasteiger charge is -2.33. The molecule has 19 heavy (non-hydrogen) atoms. The Morgan fingerprint density at radius 2 is 2.00 bits per heavy atom. The first kappa shape index (κ1) is 14.0. The number of carbonyl (C=O) groups is 1. The molecule has 0 bridgehead atoms. The lowest BCUT2D eigenvalue weighted by atomic mass is 10.0. The van der Waals surface area contributed by atoms with Crippen molar-refractivity contribution < 1.29 is 9.53 Å². The minimum Gasteiger partial charge on any atom is -0.465 e. The smallest absolute Gasteiger partial charge is 0.323 e. The first-order chi connectivity index (χ1) is 9.31. The van der Waals surface area contributed by atoms with E-state index >= 15 is 0 Å². The maximum atomic E-state index is 12.2. The number of hydrogen-bond acceptors (Lipinski definition) is 4. The lowest BCUT2D eigenvalue weighted by molar-refractivity contribution is -0.149. The molecule has 4 heteroatoms. The van der Waals surface area contributed by atoms with Crippen LogP contribution >= 0.6 is 0 Å². The van der Waals surface area contributed by atoms with Crippen molar-refractivity contribution in [3.8, 4) is 0 Å². The molecule has 2 rings (SSSR count). The van der Waals surface area contributed by atoms with Crippen LogP contribution in [0.25, 0.3) is 0 Å². The van der Waals surface area contributed by atoms with Gasteiger partial charge in [-0.2, -0.15) is 0 Å². The SMILES string of the molecule is CCOC(=O)C(Cc1ccccc1)N1CCNCC1. The molecule has 104 valence electrons. The molecule has 1 unspecified atom stereocenters. The highest BCUT2D eigenvalue weighted by Gasteiger charge is 2.28. The second-order valence-corrected chi connectivity index (χ2v) is 4.74. The van der Waals surface area contributed by atoms with Crippen LogP contribution in [0, 0.1) is 0 Å². The van der Waals surface area contributed by atoms with Crippen LogP contribution in [-0.2, 0) is 16.0 Å². The van der Waals surface area contributed by atoms with Gasteiger partial charge in [0.15, 0.2) is 0 Å². The molecule has 1 saturated heterocycles. The van der Waals surface area contributed by atoms with Gasteiger partial charge in [0.25, 0.3) is 0 Å². The Morgan fingerprint density at radius 3 is 2.63 bits per heavy atom. The predicted octanol–water partition coefficient (Wildman–Crippen LogP) is 1.07. The number of nitrogens with zero attached hydrogens (tertiary/aromatic N) is 1. The molecule has 1 aromatic rings. The number of piperazine rings is 1. The second-order valence-electron chi connectivity index (χ2n) is 4.74. The highest BCUT2D eigenvalue weighted by atomic mass is 16.5. The molecule has 0 saturated carbocycles. The molecule has 1 fully saturated rings. The fourth-order valence-corrected chi connectivity index (χ4v) is 2.43. The van der Waals surface area contributed by atoms with Gasteiger partial charge >= 0.3 is 5.97 Å². The van der Waals surface area contributed by atoms with E-state index in [1.54, 1.807) is 0 Å². The highest BCUT2D eigenvalue weighted by molar-refractivity contribution is 5.76. The highest BCUT2D eigenvalue weighted by Crippen LogP contribution is 2.11. The van der Waals surface area contributed by atoms with Gasteiger partial charge in [0.2, 0.25) is 0 Å². The van der Waals surface area contributed by atoms with E-state index < -0.39 is 0 Å². The standard InChI is InChI=1S/C15H22N2O2/c1-2-19-15(18)14(17-10-8-16-9-11-17)12-13-6-4-3-5-7-13/h3-7,14,16H,2,8-12H2,1H3. The number of nitrogens with one attached hydrogen (secondary N) is 1. The van der Waals surface area contributed by atoms with Gasteiger partial charge in [-0.25, -0.2) is 0 Å². The van der Waals surface area contributed by atoms with E-state index in [1.165, 1.54) is 5.56 Å². The number of carbonyl (C=O) groups excluding carboxylic acids is 1. The fourth-order valence-electron chi connectivity index (χ4n) is 2.43. The summed E-state index contributed by atoms with van der Waals surface area (Å²) in [5, 5.41) is 3.31. The Kier molecular flexibility index (Phi) is 5.36. The summed E-state index contributed by atoms with van der Waals surface area (Å²) >= 11 is 0. The summed E-state index contributed by atoms with van der Waals surface area (Å²) < 4.78 is 5.23. The third kappa shape index (κ3) is 4.04. The Balaban J connectivity index is 2.06. The fraction of sp³-hybridized carbons (Fsp3) is 0.533. The molecule has 1 aromatic carbocycles. The van der Waals surface area contributed by atoms with Gasteiger partial charge in [-0.1, -0.05) is 30.3 Å². The predicted molar refractivity (Wildman–Crippen MR) is 75.0 cm³/mol. The summed E-state index contributed by atoms with van der Waals surface area (Å²) in [5.41, 5.74) is 1.18. The average Bonchev–Trinajstić information content (AvgIpc) is 2.47. The summed E-state index contributed by atoms with van der Waals surface area (Å²) in [6.07, 6.45) is 0.722. The van der Waals surface area contributed by atoms with E-state index in [9.17, 15) is 4.79 Å². The number of esters is 1. The zero-order chi connectivity index (χ0) is 13.5. The molecule has 1 N–H and O–H groups in total. The molecule has 4 nitrogen and oxygen atoms in total. The van der Waals surface area contributed by atoms with Gasteiger partial charge in [-0.15, -0.1) is 0 Å². The lowest BCUT2D eigenvalue weighted by Crippen LogP contribution is -2.52. The molecule has 1 atom stereocenters. The van der Waals surface area contributed by atoms with Crippen molar-refractivity contribution in [3.63, 3.8) is 0 Å². The monoisotopic (exact) mass is 262 g/mol. The van der Waals surface area contributed by atoms with E-state index in [-0.39, 0.29) is 12.0 Å². The van der Waals surface area contributed by atoms with E-state index in [4.69, 9.17) is 4.74 Å². The number of rotatable bonds is 5. The van der Waals surface area contributed by atoms with Crippen molar-refractivity contribution in [2.75, 3.05) is 32.8 Å². The van der Waals surface area contributed by atoms with Crippen molar-refractivity contribution in [3.05, 3.63) is 35.9 Å². The number of hydrogen-bond donors (Lipinski definition) is 1. The zero-order valence-corrected chi connectivity index (χ0v) is 11.5. The van der Waals surface area contributed by atoms with Gasteiger partial charge in [0.05, 0.1) is 6.61 Å². The molecule has 0 spiro atoms. The van der Waals surface area contributed by atoms with Crippen LogP contribution in [0.1, 0.15) is 12.5 Å². The summed E-state index contributed by atoms with van der Waals surface area (Å²) in [5.74, 6) is -0.103. The average molecular weight is 262 g/mol. The Bertz CT molecular complexity index is 388. The van der Waals surface area contributed by atoms with Crippen LogP contribution in [0.2, 0.25) is 0 Å². The van der Waals surface area contributed by atoms with E-state index in [0.717, 1.165) is 32.6 Å². The maximum Gasteiger partial charge on any atom is 0.323 e. The Morgan fingerprint density at radius 1 is 1.32 bits per heavy atom. The van der Waals surface area contributed by atoms with Gasteiger partial charge in [-0.05, 0) is 18.9 Å². The topological polar surface area (TPSA) is 41.6 Å². The number of ether oxygens (including phenoxy) is 1. The van der Waals surface area contributed by atoms with E-state index in [0.29, 0.717) is 6.61 Å². The quantitative estimate of drug-likeness (QED) is 0.806. The molecule has 1 aliphatic rings. The zero-order valence-electron chi connectivity index (χ0n) is 11.5. The third-order valence-electron chi connectivity index (χ3n) is 3.42. The maximum absolute atomic E-state index is 12.2. The summed E-state index contributed by atoms with van der Waals surface area (Å²) in [7, 11) is 0. The van der Waals surface area contributed by atoms with Gasteiger partial charge in [-0.3, -0.25) is 9.69 Å². The van der Waals surface area contributed by atoms with Crippen LogP contribution in [0.4, 0.5) is 0 Å². The molecule has 0 amide bonds. The normalized spacial score (nSPS) is 17.9. The van der Waals surface area contributed by atoms with Crippen LogP contribution in [-0.4, -0.2) is 49.7 Å². The Hall–Kier alpha value is -1.39. The van der Waals surface area contributed by atoms with Crippen LogP contribution in [0.5, 0.6) is 0 Å². The number of benzene rings is 1. The summed E-state index contributed by atoms with van der Waals surface area (Å²) in [6, 6.07) is 9.98. The molecule has 1 aliphatic heterocycles. The van der Waals surface area contributed by atoms with Crippen molar-refractivity contribution in [2.24, 2.45) is 0 Å². The van der Waals surface area contributed by atoms with E-state index in [2.05, 4.69) is 22.3 Å². The molecular weight excluding hydrogens is 240 g/mol. The molecule has 0 aliphatic carbocycles. The minimum atomic E-state index is -0.163. The van der Waals surface area contributed by atoms with Gasteiger partial charge in [0.1, 0.15) is 6.04 Å². The summed E-state index contributed by atoms with van der Waals surface area (Å²) in [6.45, 7) is 5.97. The van der Waals surface area contributed by atoms with Crippen molar-refractivity contribution in [1.29, 1.82) is 0 Å². The van der Waals surface area contributed by atoms with Crippen molar-refractivity contribution >= 4 is 5.97 Å². The van der Waals surface area contributed by atoms with E-state index in [1.807, 2.05) is 25.1 Å². The first-order valence-electron chi connectivity index (χ1n) is 6.96. The molecule has 0 aromatic heterocycles. The van der Waals surface area contributed by atoms with Crippen molar-refractivity contribution in [1.82, 2.24) is 10.2 Å².